The molecule has 8 heteroatoms. The molecule has 3 fully saturated rings. The second-order valence-corrected chi connectivity index (χ2v) is 10.9. The number of hydrogen-bond donors (Lipinski definition) is 1. The Morgan fingerprint density at radius 1 is 1.24 bits per heavy atom. The number of hydrogen-bond acceptors (Lipinski definition) is 5. The van der Waals surface area contributed by atoms with E-state index in [0.29, 0.717) is 25.9 Å². The summed E-state index contributed by atoms with van der Waals surface area (Å²) in [6.45, 7) is 16.2. The van der Waals surface area contributed by atoms with Crippen LogP contribution in [0.2, 0.25) is 0 Å². The van der Waals surface area contributed by atoms with Gasteiger partial charge in [-0.15, -0.1) is 13.2 Å². The average molecular weight is 524 g/mol. The van der Waals surface area contributed by atoms with Gasteiger partial charge in [-0.25, -0.2) is 0 Å². The van der Waals surface area contributed by atoms with Crippen LogP contribution in [0.3, 0.4) is 0 Å². The molecule has 1 aromatic rings. The molecule has 2 bridgehead atoms. The van der Waals surface area contributed by atoms with Crippen LogP contribution in [0, 0.1) is 25.7 Å². The third-order valence-corrected chi connectivity index (χ3v) is 8.38. The van der Waals surface area contributed by atoms with Crippen molar-refractivity contribution in [1.82, 2.24) is 9.80 Å². The van der Waals surface area contributed by atoms with Gasteiger partial charge in [0.2, 0.25) is 11.8 Å². The second-order valence-electron chi connectivity index (χ2n) is 10.9. The zero-order valence-corrected chi connectivity index (χ0v) is 23.1. The molecule has 3 saturated heterocycles. The van der Waals surface area contributed by atoms with E-state index in [1.165, 1.54) is 4.90 Å². The van der Waals surface area contributed by atoms with Crippen molar-refractivity contribution in [2.24, 2.45) is 11.8 Å². The molecular weight excluding hydrogens is 482 g/mol. The summed E-state index contributed by atoms with van der Waals surface area (Å²) in [4.78, 5) is 47.4. The Bertz CT molecular complexity index is 1120. The number of benzene rings is 1. The van der Waals surface area contributed by atoms with Gasteiger partial charge in [-0.1, -0.05) is 31.2 Å². The van der Waals surface area contributed by atoms with Crippen LogP contribution in [0.1, 0.15) is 44.2 Å². The average Bonchev–Trinajstić information content (AvgIpc) is 3.55. The van der Waals surface area contributed by atoms with Crippen molar-refractivity contribution >= 4 is 23.4 Å². The maximum atomic E-state index is 14.5. The molecule has 0 radical (unpaired) electrons. The van der Waals surface area contributed by atoms with Crippen LogP contribution < -0.4 is 4.90 Å². The third-order valence-electron chi connectivity index (χ3n) is 8.38. The van der Waals surface area contributed by atoms with E-state index in [1.807, 2.05) is 39.0 Å². The minimum absolute atomic E-state index is 0.126. The number of carbonyl (C=O) groups excluding carboxylic acids is 3. The van der Waals surface area contributed by atoms with Gasteiger partial charge in [0.15, 0.2) is 0 Å². The Kier molecular flexibility index (Phi) is 8.14. The largest absolute Gasteiger partial charge is 0.394 e. The highest BCUT2D eigenvalue weighted by Gasteiger charge is 2.75. The smallest absolute Gasteiger partial charge is 0.253 e. The van der Waals surface area contributed by atoms with Crippen molar-refractivity contribution in [3.8, 4) is 0 Å². The minimum atomic E-state index is -1.12. The summed E-state index contributed by atoms with van der Waals surface area (Å²) in [5.41, 5.74) is 1.56. The third kappa shape index (κ3) is 4.37. The highest BCUT2D eigenvalue weighted by atomic mass is 16.5. The Hall–Kier alpha value is -2.97. The highest BCUT2D eigenvalue weighted by Crippen LogP contribution is 2.59. The van der Waals surface area contributed by atoms with Gasteiger partial charge in [-0.05, 0) is 57.2 Å². The van der Waals surface area contributed by atoms with E-state index < -0.39 is 35.6 Å². The lowest BCUT2D eigenvalue weighted by Crippen LogP contribution is -2.58. The molecule has 2 unspecified atom stereocenters. The van der Waals surface area contributed by atoms with Crippen molar-refractivity contribution in [3.63, 3.8) is 0 Å². The van der Waals surface area contributed by atoms with E-state index in [-0.39, 0.29) is 30.9 Å². The first-order chi connectivity index (χ1) is 18.2. The minimum Gasteiger partial charge on any atom is -0.394 e. The zero-order valence-electron chi connectivity index (χ0n) is 23.1. The molecule has 206 valence electrons. The Balaban J connectivity index is 1.80. The predicted molar refractivity (Wildman–Crippen MR) is 147 cm³/mol. The first-order valence-corrected chi connectivity index (χ1v) is 13.7. The molecule has 0 aromatic heterocycles. The van der Waals surface area contributed by atoms with E-state index in [4.69, 9.17) is 4.74 Å². The Labute approximate surface area is 225 Å². The standard InChI is InChI=1S/C30H41N3O5/c1-7-14-31(15-8-2)27(35)24-23-12-13-30(38-23)25(24)28(36)33(21(6)18-34)26(30)29(37)32(16-9-3)22-17-19(4)10-11-20(22)5/h7,9-11,17,21,23-26,34H,1,3,8,12-16,18H2,2,4-6H3/t21-,23+,24-,25+,26?,30?/m1/s1. The van der Waals surface area contributed by atoms with Crippen LogP contribution in [0.15, 0.2) is 43.5 Å². The van der Waals surface area contributed by atoms with Crippen molar-refractivity contribution in [3.05, 3.63) is 54.6 Å². The van der Waals surface area contributed by atoms with Gasteiger partial charge in [0.1, 0.15) is 11.6 Å². The summed E-state index contributed by atoms with van der Waals surface area (Å²) >= 11 is 0. The van der Waals surface area contributed by atoms with E-state index in [2.05, 4.69) is 13.2 Å². The molecule has 1 spiro atoms. The highest BCUT2D eigenvalue weighted by molar-refractivity contribution is 6.05. The lowest BCUT2D eigenvalue weighted by Gasteiger charge is -2.38. The van der Waals surface area contributed by atoms with Gasteiger partial charge in [-0.3, -0.25) is 14.4 Å². The van der Waals surface area contributed by atoms with Crippen LogP contribution in [0.4, 0.5) is 5.69 Å². The molecule has 1 aromatic carbocycles. The molecule has 0 aliphatic carbocycles. The summed E-state index contributed by atoms with van der Waals surface area (Å²) in [6.07, 6.45) is 4.83. The summed E-state index contributed by atoms with van der Waals surface area (Å²) < 4.78 is 6.58. The quantitative estimate of drug-likeness (QED) is 0.451. The van der Waals surface area contributed by atoms with Crippen molar-refractivity contribution in [2.75, 3.05) is 31.1 Å². The lowest BCUT2D eigenvalue weighted by molar-refractivity contribution is -0.147. The number of aliphatic hydroxyl groups excluding tert-OH is 1. The number of anilines is 1. The molecule has 3 aliphatic heterocycles. The maximum absolute atomic E-state index is 14.5. The summed E-state index contributed by atoms with van der Waals surface area (Å²) in [5.74, 6) is -2.13. The lowest BCUT2D eigenvalue weighted by atomic mass is 9.70. The second kappa shape index (κ2) is 11.0. The first-order valence-electron chi connectivity index (χ1n) is 13.7. The first kappa shape index (κ1) is 28.0. The van der Waals surface area contributed by atoms with Crippen molar-refractivity contribution < 1.29 is 24.2 Å². The Morgan fingerprint density at radius 2 is 1.95 bits per heavy atom. The number of nitrogens with zero attached hydrogens (tertiary/aromatic N) is 3. The fourth-order valence-corrected chi connectivity index (χ4v) is 6.74. The number of aliphatic hydroxyl groups is 1. The summed E-state index contributed by atoms with van der Waals surface area (Å²) in [7, 11) is 0. The molecule has 3 heterocycles. The van der Waals surface area contributed by atoms with Gasteiger partial charge in [-0.2, -0.15) is 0 Å². The number of ether oxygens (including phenoxy) is 1. The number of likely N-dealkylation sites (tertiary alicyclic amines) is 1. The van der Waals surface area contributed by atoms with Gasteiger partial charge in [0.25, 0.3) is 5.91 Å². The van der Waals surface area contributed by atoms with Crippen LogP contribution in [-0.2, 0) is 19.1 Å². The number of amides is 3. The Morgan fingerprint density at radius 3 is 2.58 bits per heavy atom. The van der Waals surface area contributed by atoms with Crippen LogP contribution in [0.25, 0.3) is 0 Å². The molecule has 0 saturated carbocycles. The predicted octanol–water partition coefficient (Wildman–Crippen LogP) is 3.00. The number of carbonyl (C=O) groups is 3. The number of fused-ring (bicyclic) bond motifs is 1. The SMILES string of the molecule is C=CCN(CCC)C(=O)[C@@H]1[C@@H]2CCC3(O2)C(C(=O)N(CC=C)c2cc(C)ccc2C)N([C@H](C)CO)C(=O)[C@H]13. The molecular formula is C30H41N3O5. The molecule has 8 nitrogen and oxygen atoms in total. The molecule has 3 amide bonds. The maximum Gasteiger partial charge on any atom is 0.253 e. The summed E-state index contributed by atoms with van der Waals surface area (Å²) in [5, 5.41) is 10.1. The number of aryl methyl sites for hydroxylation is 2. The van der Waals surface area contributed by atoms with Crippen LogP contribution in [0.5, 0.6) is 0 Å². The fourth-order valence-electron chi connectivity index (χ4n) is 6.74. The van der Waals surface area contributed by atoms with E-state index >= 15 is 0 Å². The van der Waals surface area contributed by atoms with Gasteiger partial charge >= 0.3 is 0 Å². The zero-order chi connectivity index (χ0) is 27.8. The van der Waals surface area contributed by atoms with Crippen molar-refractivity contribution in [2.45, 2.75) is 70.7 Å². The van der Waals surface area contributed by atoms with Gasteiger partial charge in [0, 0.05) is 25.3 Å². The topological polar surface area (TPSA) is 90.4 Å². The molecule has 3 aliphatic rings. The normalized spacial score (nSPS) is 28.2. The van der Waals surface area contributed by atoms with Crippen LogP contribution in [-0.4, -0.2) is 82.7 Å². The fraction of sp³-hybridized carbons (Fsp3) is 0.567. The van der Waals surface area contributed by atoms with E-state index in [9.17, 15) is 19.5 Å². The van der Waals surface area contributed by atoms with Crippen molar-refractivity contribution in [1.29, 1.82) is 0 Å². The number of rotatable bonds is 11. The monoisotopic (exact) mass is 523 g/mol. The van der Waals surface area contributed by atoms with E-state index in [0.717, 1.165) is 23.2 Å². The van der Waals surface area contributed by atoms with E-state index in [1.54, 1.807) is 28.9 Å². The van der Waals surface area contributed by atoms with Gasteiger partial charge in [0.05, 0.1) is 30.6 Å². The summed E-state index contributed by atoms with van der Waals surface area (Å²) in [6, 6.07) is 4.35. The molecule has 6 atom stereocenters. The molecule has 4 rings (SSSR count). The molecule has 1 N–H and O–H groups in total. The van der Waals surface area contributed by atoms with Gasteiger partial charge < -0.3 is 24.5 Å². The van der Waals surface area contributed by atoms with Crippen LogP contribution >= 0.6 is 0 Å². The molecule has 38 heavy (non-hydrogen) atoms.